The maximum Gasteiger partial charge on any atom is 0.293 e. The molecule has 1 N–H and O–H groups in total. The number of nitrogens with zero attached hydrogens (tertiary/aromatic N) is 4. The number of piperazine rings is 1. The van der Waals surface area contributed by atoms with Gasteiger partial charge in [0.1, 0.15) is 11.4 Å². The minimum absolute atomic E-state index is 0.0967. The largest absolute Gasteiger partial charge is 0.507 e. The number of carbonyl (C=O) groups excluding carboxylic acids is 1. The zero-order chi connectivity index (χ0) is 23.5. The van der Waals surface area contributed by atoms with Gasteiger partial charge < -0.3 is 14.9 Å². The third kappa shape index (κ3) is 4.53. The number of rotatable bonds is 7. The van der Waals surface area contributed by atoms with Crippen molar-refractivity contribution in [1.82, 2.24) is 9.21 Å². The van der Waals surface area contributed by atoms with Gasteiger partial charge in [-0.3, -0.25) is 14.9 Å². The van der Waals surface area contributed by atoms with Crippen molar-refractivity contribution in [2.24, 2.45) is 0 Å². The maximum absolute atomic E-state index is 12.8. The Morgan fingerprint density at radius 2 is 1.72 bits per heavy atom. The number of phenolic OH excluding ortho intramolecular Hbond substituents is 1. The molecule has 0 atom stereocenters. The summed E-state index contributed by atoms with van der Waals surface area (Å²) in [5.41, 5.74) is 0.222. The Labute approximate surface area is 186 Å². The van der Waals surface area contributed by atoms with E-state index in [0.717, 1.165) is 6.07 Å². The molecule has 0 aliphatic carbocycles. The monoisotopic (exact) mass is 462 g/mol. The van der Waals surface area contributed by atoms with Gasteiger partial charge in [-0.05, 0) is 24.3 Å². The Morgan fingerprint density at radius 1 is 1.09 bits per heavy atom. The molecule has 0 aromatic heterocycles. The molecule has 1 aliphatic rings. The van der Waals surface area contributed by atoms with Crippen LogP contribution in [0.4, 0.5) is 11.4 Å². The summed E-state index contributed by atoms with van der Waals surface area (Å²) in [6.45, 7) is 5.24. The van der Waals surface area contributed by atoms with Gasteiger partial charge in [-0.15, -0.1) is 0 Å². The molecule has 2 aromatic carbocycles. The number of hydrogen-bond donors (Lipinski definition) is 1. The number of phenols is 1. The maximum atomic E-state index is 12.8. The number of amides is 1. The van der Waals surface area contributed by atoms with Crippen molar-refractivity contribution in [3.8, 4) is 5.75 Å². The van der Waals surface area contributed by atoms with Crippen LogP contribution >= 0.6 is 0 Å². The molecular formula is C21H26N4O6S. The number of para-hydroxylation sites is 1. The van der Waals surface area contributed by atoms with E-state index in [1.165, 1.54) is 22.5 Å². The lowest BCUT2D eigenvalue weighted by Gasteiger charge is -2.36. The first-order chi connectivity index (χ1) is 15.2. The van der Waals surface area contributed by atoms with Crippen LogP contribution in [0.1, 0.15) is 24.2 Å². The van der Waals surface area contributed by atoms with Crippen molar-refractivity contribution in [2.45, 2.75) is 18.7 Å². The molecule has 1 aliphatic heterocycles. The van der Waals surface area contributed by atoms with Crippen LogP contribution in [-0.4, -0.2) is 72.8 Å². The van der Waals surface area contributed by atoms with Crippen molar-refractivity contribution < 1.29 is 23.2 Å². The molecule has 0 saturated carbocycles. The lowest BCUT2D eigenvalue weighted by atomic mass is 10.1. The number of sulfonamides is 1. The van der Waals surface area contributed by atoms with E-state index in [4.69, 9.17) is 0 Å². The predicted molar refractivity (Wildman–Crippen MR) is 119 cm³/mol. The van der Waals surface area contributed by atoms with E-state index < -0.39 is 14.9 Å². The molecule has 0 radical (unpaired) electrons. The van der Waals surface area contributed by atoms with E-state index in [2.05, 4.69) is 0 Å². The van der Waals surface area contributed by atoms with E-state index in [1.807, 2.05) is 0 Å². The lowest BCUT2D eigenvalue weighted by molar-refractivity contribution is -0.384. The van der Waals surface area contributed by atoms with Gasteiger partial charge in [-0.1, -0.05) is 26.0 Å². The number of hydrogen-bond acceptors (Lipinski definition) is 7. The van der Waals surface area contributed by atoms with Gasteiger partial charge in [0.25, 0.3) is 11.6 Å². The topological polar surface area (TPSA) is 124 Å². The number of carbonyl (C=O) groups is 1. The molecule has 1 saturated heterocycles. The highest BCUT2D eigenvalue weighted by Crippen LogP contribution is 2.32. The molecule has 1 fully saturated rings. The average Bonchev–Trinajstić information content (AvgIpc) is 2.79. The van der Waals surface area contributed by atoms with Crippen molar-refractivity contribution in [3.63, 3.8) is 0 Å². The van der Waals surface area contributed by atoms with E-state index in [9.17, 15) is 28.4 Å². The molecule has 3 rings (SSSR count). The molecule has 172 valence electrons. The Hall–Kier alpha value is -3.18. The fourth-order valence-electron chi connectivity index (χ4n) is 3.77. The molecule has 11 heteroatoms. The number of aromatic hydroxyl groups is 1. The first kappa shape index (κ1) is 23.5. The quantitative estimate of drug-likeness (QED) is 0.494. The summed E-state index contributed by atoms with van der Waals surface area (Å²) in [7, 11) is -3.83. The molecule has 0 unspecified atom stereocenters. The van der Waals surface area contributed by atoms with Gasteiger partial charge >= 0.3 is 0 Å². The molecule has 1 amide bonds. The van der Waals surface area contributed by atoms with Crippen LogP contribution in [-0.2, 0) is 10.0 Å². The minimum atomic E-state index is -3.83. The van der Waals surface area contributed by atoms with Crippen LogP contribution in [0.15, 0.2) is 47.4 Å². The fraction of sp³-hybridized carbons (Fsp3) is 0.381. The SMILES string of the molecule is CCN(CC)S(=O)(=O)c1ccc(N2CCN(C(=O)c3ccccc3O)CC2)c([N+](=O)[O-])c1. The molecule has 0 spiro atoms. The third-order valence-electron chi connectivity index (χ3n) is 5.53. The van der Waals surface area contributed by atoms with Gasteiger partial charge in [0.05, 0.1) is 15.4 Å². The predicted octanol–water partition coefficient (Wildman–Crippen LogP) is 2.29. The molecular weight excluding hydrogens is 436 g/mol. The summed E-state index contributed by atoms with van der Waals surface area (Å²) in [4.78, 5) is 27.0. The zero-order valence-electron chi connectivity index (χ0n) is 18.0. The first-order valence-corrected chi connectivity index (χ1v) is 11.8. The lowest BCUT2D eigenvalue weighted by Crippen LogP contribution is -2.49. The third-order valence-corrected chi connectivity index (χ3v) is 7.57. The second kappa shape index (κ2) is 9.53. The highest BCUT2D eigenvalue weighted by atomic mass is 32.2. The standard InChI is InChI=1S/C21H26N4O6S/c1-3-24(4-2)32(30,31)16-9-10-18(19(15-16)25(28)29)22-11-13-23(14-12-22)21(27)17-7-5-6-8-20(17)26/h5-10,15,26H,3-4,11-14H2,1-2H3. The van der Waals surface area contributed by atoms with Crippen LogP contribution in [0.5, 0.6) is 5.75 Å². The van der Waals surface area contributed by atoms with Gasteiger partial charge in [0.2, 0.25) is 10.0 Å². The number of nitro groups is 1. The van der Waals surface area contributed by atoms with Crippen LogP contribution in [0, 0.1) is 10.1 Å². The van der Waals surface area contributed by atoms with Crippen molar-refractivity contribution >= 4 is 27.3 Å². The summed E-state index contributed by atoms with van der Waals surface area (Å²) < 4.78 is 26.8. The van der Waals surface area contributed by atoms with E-state index in [1.54, 1.807) is 41.8 Å². The van der Waals surface area contributed by atoms with Crippen molar-refractivity contribution in [1.29, 1.82) is 0 Å². The summed E-state index contributed by atoms with van der Waals surface area (Å²) in [6.07, 6.45) is 0. The minimum Gasteiger partial charge on any atom is -0.507 e. The Balaban J connectivity index is 1.81. The smallest absolute Gasteiger partial charge is 0.293 e. The van der Waals surface area contributed by atoms with Crippen LogP contribution in [0.2, 0.25) is 0 Å². The molecule has 2 aromatic rings. The second-order valence-corrected chi connectivity index (χ2v) is 9.23. The Bertz CT molecular complexity index is 1110. The summed E-state index contributed by atoms with van der Waals surface area (Å²) in [6, 6.07) is 10.2. The summed E-state index contributed by atoms with van der Waals surface area (Å²) >= 11 is 0. The van der Waals surface area contributed by atoms with E-state index >= 15 is 0 Å². The first-order valence-electron chi connectivity index (χ1n) is 10.3. The van der Waals surface area contributed by atoms with Crippen molar-refractivity contribution in [3.05, 3.63) is 58.1 Å². The van der Waals surface area contributed by atoms with Gasteiger partial charge in [-0.25, -0.2) is 8.42 Å². The Kier molecular flexibility index (Phi) is 6.99. The van der Waals surface area contributed by atoms with E-state index in [-0.39, 0.29) is 40.9 Å². The van der Waals surface area contributed by atoms with Crippen molar-refractivity contribution in [2.75, 3.05) is 44.2 Å². The Morgan fingerprint density at radius 3 is 2.28 bits per heavy atom. The highest BCUT2D eigenvalue weighted by Gasteiger charge is 2.30. The average molecular weight is 463 g/mol. The van der Waals surface area contributed by atoms with Crippen LogP contribution in [0.3, 0.4) is 0 Å². The van der Waals surface area contributed by atoms with Gasteiger partial charge in [-0.2, -0.15) is 4.31 Å². The van der Waals surface area contributed by atoms with Gasteiger partial charge in [0, 0.05) is 45.3 Å². The normalized spacial score (nSPS) is 14.6. The summed E-state index contributed by atoms with van der Waals surface area (Å²) in [5, 5.41) is 21.6. The molecule has 1 heterocycles. The molecule has 32 heavy (non-hydrogen) atoms. The zero-order valence-corrected chi connectivity index (χ0v) is 18.8. The molecule has 0 bridgehead atoms. The highest BCUT2D eigenvalue weighted by molar-refractivity contribution is 7.89. The second-order valence-electron chi connectivity index (χ2n) is 7.29. The van der Waals surface area contributed by atoms with Crippen LogP contribution in [0.25, 0.3) is 0 Å². The van der Waals surface area contributed by atoms with E-state index in [0.29, 0.717) is 31.9 Å². The fourth-order valence-corrected chi connectivity index (χ4v) is 5.24. The number of nitro benzene ring substituents is 1. The number of anilines is 1. The van der Waals surface area contributed by atoms with Gasteiger partial charge in [0.15, 0.2) is 0 Å². The van der Waals surface area contributed by atoms with Crippen LogP contribution < -0.4 is 4.90 Å². The number of benzene rings is 2. The summed E-state index contributed by atoms with van der Waals surface area (Å²) in [5.74, 6) is -0.404. The molecule has 10 nitrogen and oxygen atoms in total.